The Balaban J connectivity index is 1.83. The van der Waals surface area contributed by atoms with Gasteiger partial charge in [-0.05, 0) is 52.8 Å². The third kappa shape index (κ3) is 5.16. The first kappa shape index (κ1) is 19.1. The molecule has 0 atom stereocenters. The molecule has 0 aromatic heterocycles. The van der Waals surface area contributed by atoms with Gasteiger partial charge in [-0.15, -0.1) is 0 Å². The number of rotatable bonds is 8. The van der Waals surface area contributed by atoms with E-state index in [1.54, 1.807) is 12.1 Å². The lowest BCUT2D eigenvalue weighted by atomic mass is 9.93. The van der Waals surface area contributed by atoms with Gasteiger partial charge in [0, 0.05) is 0 Å². The SMILES string of the molecule is CCCCCc1ccc(-c2ccccc2-c2ccc(OC(F)F)cc2)cc1. The molecule has 0 saturated carbocycles. The largest absolute Gasteiger partial charge is 0.435 e. The van der Waals surface area contributed by atoms with Crippen LogP contribution in [-0.4, -0.2) is 6.61 Å². The van der Waals surface area contributed by atoms with Crippen LogP contribution in [0.1, 0.15) is 31.7 Å². The molecule has 0 N–H and O–H groups in total. The summed E-state index contributed by atoms with van der Waals surface area (Å²) in [6.07, 6.45) is 4.82. The molecule has 3 rings (SSSR count). The summed E-state index contributed by atoms with van der Waals surface area (Å²) in [6.45, 7) is -0.592. The topological polar surface area (TPSA) is 9.23 Å². The van der Waals surface area contributed by atoms with Crippen molar-refractivity contribution in [3.05, 3.63) is 78.4 Å². The maximum Gasteiger partial charge on any atom is 0.387 e. The predicted molar refractivity (Wildman–Crippen MR) is 107 cm³/mol. The zero-order valence-corrected chi connectivity index (χ0v) is 15.5. The van der Waals surface area contributed by atoms with Gasteiger partial charge in [0.15, 0.2) is 0 Å². The minimum Gasteiger partial charge on any atom is -0.435 e. The number of unbranched alkanes of at least 4 members (excludes halogenated alkanes) is 2. The summed E-state index contributed by atoms with van der Waals surface area (Å²) in [6, 6.07) is 23.6. The Morgan fingerprint density at radius 3 is 1.81 bits per heavy atom. The monoisotopic (exact) mass is 366 g/mol. The summed E-state index contributed by atoms with van der Waals surface area (Å²) in [7, 11) is 0. The summed E-state index contributed by atoms with van der Waals surface area (Å²) in [5, 5.41) is 0. The lowest BCUT2D eigenvalue weighted by molar-refractivity contribution is -0.0498. The molecule has 0 heterocycles. The highest BCUT2D eigenvalue weighted by Crippen LogP contribution is 2.33. The van der Waals surface area contributed by atoms with E-state index in [1.807, 2.05) is 30.3 Å². The number of aryl methyl sites for hydroxylation is 1. The summed E-state index contributed by atoms with van der Waals surface area (Å²) in [5.41, 5.74) is 5.68. The van der Waals surface area contributed by atoms with Gasteiger partial charge in [0.1, 0.15) is 5.75 Å². The summed E-state index contributed by atoms with van der Waals surface area (Å²) in [4.78, 5) is 0. The van der Waals surface area contributed by atoms with Crippen LogP contribution < -0.4 is 4.74 Å². The smallest absolute Gasteiger partial charge is 0.387 e. The van der Waals surface area contributed by atoms with E-state index in [1.165, 1.54) is 24.8 Å². The van der Waals surface area contributed by atoms with E-state index in [0.717, 1.165) is 28.7 Å². The molecular formula is C24H24F2O. The predicted octanol–water partition coefficient (Wildman–Crippen LogP) is 7.35. The highest BCUT2D eigenvalue weighted by molar-refractivity contribution is 5.83. The summed E-state index contributed by atoms with van der Waals surface area (Å²) < 4.78 is 29.1. The summed E-state index contributed by atoms with van der Waals surface area (Å²) in [5.74, 6) is 0.169. The normalized spacial score (nSPS) is 11.0. The van der Waals surface area contributed by atoms with Crippen LogP contribution in [0.15, 0.2) is 72.8 Å². The van der Waals surface area contributed by atoms with E-state index in [-0.39, 0.29) is 5.75 Å². The molecule has 0 fully saturated rings. The molecule has 0 spiro atoms. The van der Waals surface area contributed by atoms with Crippen molar-refractivity contribution in [2.24, 2.45) is 0 Å². The van der Waals surface area contributed by atoms with Crippen LogP contribution in [0.5, 0.6) is 5.75 Å². The lowest BCUT2D eigenvalue weighted by Gasteiger charge is -2.12. The molecular weight excluding hydrogens is 342 g/mol. The molecule has 3 aromatic rings. The van der Waals surface area contributed by atoms with Crippen LogP contribution in [0.25, 0.3) is 22.3 Å². The van der Waals surface area contributed by atoms with E-state index in [9.17, 15) is 8.78 Å². The van der Waals surface area contributed by atoms with Gasteiger partial charge in [0.25, 0.3) is 0 Å². The third-order valence-corrected chi connectivity index (χ3v) is 4.65. The van der Waals surface area contributed by atoms with Gasteiger partial charge in [-0.1, -0.05) is 80.4 Å². The highest BCUT2D eigenvalue weighted by Gasteiger charge is 2.09. The Labute approximate surface area is 159 Å². The fourth-order valence-corrected chi connectivity index (χ4v) is 3.23. The Bertz CT molecular complexity index is 839. The first-order chi connectivity index (χ1) is 13.2. The van der Waals surface area contributed by atoms with Gasteiger partial charge >= 0.3 is 6.61 Å². The number of alkyl halides is 2. The summed E-state index contributed by atoms with van der Waals surface area (Å²) >= 11 is 0. The molecule has 0 saturated heterocycles. The molecule has 0 aliphatic heterocycles. The van der Waals surface area contributed by atoms with Crippen LogP contribution in [0.2, 0.25) is 0 Å². The van der Waals surface area contributed by atoms with Crippen molar-refractivity contribution >= 4 is 0 Å². The fourth-order valence-electron chi connectivity index (χ4n) is 3.23. The minimum absolute atomic E-state index is 0.169. The van der Waals surface area contributed by atoms with Crippen molar-refractivity contribution in [2.45, 2.75) is 39.2 Å². The number of halogens is 2. The van der Waals surface area contributed by atoms with Crippen molar-refractivity contribution in [1.82, 2.24) is 0 Å². The lowest BCUT2D eigenvalue weighted by Crippen LogP contribution is -2.01. The van der Waals surface area contributed by atoms with Crippen LogP contribution in [-0.2, 0) is 6.42 Å². The van der Waals surface area contributed by atoms with E-state index in [4.69, 9.17) is 0 Å². The zero-order chi connectivity index (χ0) is 19.1. The number of benzene rings is 3. The average Bonchev–Trinajstić information content (AvgIpc) is 2.69. The average molecular weight is 366 g/mol. The van der Waals surface area contributed by atoms with Gasteiger partial charge < -0.3 is 4.74 Å². The highest BCUT2D eigenvalue weighted by atomic mass is 19.3. The van der Waals surface area contributed by atoms with Crippen molar-refractivity contribution in [2.75, 3.05) is 0 Å². The molecule has 140 valence electrons. The molecule has 1 nitrogen and oxygen atoms in total. The van der Waals surface area contributed by atoms with E-state index in [2.05, 4.69) is 42.0 Å². The molecule has 0 aliphatic rings. The van der Waals surface area contributed by atoms with Crippen LogP contribution in [0.3, 0.4) is 0 Å². The first-order valence-corrected chi connectivity index (χ1v) is 9.41. The molecule has 3 heteroatoms. The molecule has 0 unspecified atom stereocenters. The maximum absolute atomic E-state index is 12.3. The third-order valence-electron chi connectivity index (χ3n) is 4.65. The van der Waals surface area contributed by atoms with Crippen LogP contribution in [0, 0.1) is 0 Å². The van der Waals surface area contributed by atoms with Gasteiger partial charge in [0.05, 0.1) is 0 Å². The van der Waals surface area contributed by atoms with E-state index >= 15 is 0 Å². The Morgan fingerprint density at radius 1 is 0.741 bits per heavy atom. The second-order valence-corrected chi connectivity index (χ2v) is 6.60. The van der Waals surface area contributed by atoms with Crippen LogP contribution >= 0.6 is 0 Å². The number of hydrogen-bond donors (Lipinski definition) is 0. The first-order valence-electron chi connectivity index (χ1n) is 9.41. The standard InChI is InChI=1S/C24H24F2O/c1-2-3-4-7-18-10-12-19(13-11-18)22-8-5-6-9-23(22)20-14-16-21(17-15-20)27-24(25)26/h5-6,8-17,24H,2-4,7H2,1H3. The van der Waals surface area contributed by atoms with Crippen LogP contribution in [0.4, 0.5) is 8.78 Å². The molecule has 0 aliphatic carbocycles. The number of hydrogen-bond acceptors (Lipinski definition) is 1. The zero-order valence-electron chi connectivity index (χ0n) is 15.5. The van der Waals surface area contributed by atoms with Gasteiger partial charge in [-0.25, -0.2) is 0 Å². The molecule has 0 bridgehead atoms. The second kappa shape index (κ2) is 9.31. The minimum atomic E-state index is -2.81. The van der Waals surface area contributed by atoms with Crippen molar-refractivity contribution in [1.29, 1.82) is 0 Å². The second-order valence-electron chi connectivity index (χ2n) is 6.60. The Kier molecular flexibility index (Phi) is 6.59. The van der Waals surface area contributed by atoms with E-state index in [0.29, 0.717) is 0 Å². The Hall–Kier alpha value is -2.68. The molecule has 27 heavy (non-hydrogen) atoms. The van der Waals surface area contributed by atoms with Crippen molar-refractivity contribution < 1.29 is 13.5 Å². The van der Waals surface area contributed by atoms with Gasteiger partial charge in [-0.2, -0.15) is 8.78 Å². The number of ether oxygens (including phenoxy) is 1. The quantitative estimate of drug-likeness (QED) is 0.379. The van der Waals surface area contributed by atoms with Crippen molar-refractivity contribution in [3.8, 4) is 28.0 Å². The maximum atomic E-state index is 12.3. The molecule has 0 amide bonds. The van der Waals surface area contributed by atoms with Gasteiger partial charge in [0.2, 0.25) is 0 Å². The fraction of sp³-hybridized carbons (Fsp3) is 0.250. The van der Waals surface area contributed by atoms with Crippen molar-refractivity contribution in [3.63, 3.8) is 0 Å². The molecule has 0 radical (unpaired) electrons. The van der Waals surface area contributed by atoms with E-state index < -0.39 is 6.61 Å². The van der Waals surface area contributed by atoms with Gasteiger partial charge in [-0.3, -0.25) is 0 Å². The Morgan fingerprint density at radius 2 is 1.30 bits per heavy atom. The molecule has 3 aromatic carbocycles.